The number of nitrogens with one attached hydrogen (secondary N) is 2. The number of thiophene rings is 1. The second-order valence-electron chi connectivity index (χ2n) is 4.12. The van der Waals surface area contributed by atoms with E-state index < -0.39 is 0 Å². The van der Waals surface area contributed by atoms with Crippen LogP contribution in [0.1, 0.15) is 28.7 Å². The number of carbonyl (C=O) groups excluding carboxylic acids is 1. The van der Waals surface area contributed by atoms with Crippen molar-refractivity contribution < 1.29 is 4.79 Å². The minimum absolute atomic E-state index is 0.0261. The first kappa shape index (κ1) is 12.8. The quantitative estimate of drug-likeness (QED) is 0.892. The average molecular weight is 263 g/mol. The van der Waals surface area contributed by atoms with Gasteiger partial charge < -0.3 is 10.6 Å². The molecule has 0 aliphatic carbocycles. The van der Waals surface area contributed by atoms with Crippen molar-refractivity contribution in [2.45, 2.75) is 20.3 Å². The van der Waals surface area contributed by atoms with Crippen LogP contribution < -0.4 is 10.6 Å². The summed E-state index contributed by atoms with van der Waals surface area (Å²) < 4.78 is 0. The predicted octanol–water partition coefficient (Wildman–Crippen LogP) is 2.79. The molecular weight excluding hydrogens is 246 g/mol. The fourth-order valence-corrected chi connectivity index (χ4v) is 2.94. The van der Waals surface area contributed by atoms with Gasteiger partial charge in [0, 0.05) is 24.7 Å². The molecule has 0 aromatic carbocycles. The van der Waals surface area contributed by atoms with Crippen LogP contribution in [0.25, 0.3) is 10.2 Å². The van der Waals surface area contributed by atoms with Gasteiger partial charge in [-0.05, 0) is 25.5 Å². The predicted molar refractivity (Wildman–Crippen MR) is 76.5 cm³/mol. The molecular formula is C13H17N3OS. The number of amides is 1. The summed E-state index contributed by atoms with van der Waals surface area (Å²) in [4.78, 5) is 18.1. The van der Waals surface area contributed by atoms with E-state index in [4.69, 9.17) is 0 Å². The summed E-state index contributed by atoms with van der Waals surface area (Å²) in [7, 11) is 1.83. The van der Waals surface area contributed by atoms with Gasteiger partial charge in [-0.15, -0.1) is 11.3 Å². The zero-order chi connectivity index (χ0) is 13.1. The van der Waals surface area contributed by atoms with Crippen molar-refractivity contribution >= 4 is 33.1 Å². The molecule has 0 bridgehead atoms. The lowest BCUT2D eigenvalue weighted by molar-refractivity contribution is 0.0958. The SMILES string of the molecule is CCCNC(=O)c1sc2nc(C)ccc2c1NC. The van der Waals surface area contributed by atoms with Gasteiger partial charge in [0.05, 0.1) is 5.69 Å². The normalized spacial score (nSPS) is 10.6. The number of aromatic nitrogens is 1. The molecule has 2 heterocycles. The molecule has 0 atom stereocenters. The van der Waals surface area contributed by atoms with Crippen molar-refractivity contribution in [2.75, 3.05) is 18.9 Å². The first-order valence-corrected chi connectivity index (χ1v) is 6.85. The number of carbonyl (C=O) groups is 1. The van der Waals surface area contributed by atoms with Gasteiger partial charge in [-0.25, -0.2) is 4.98 Å². The first-order chi connectivity index (χ1) is 8.67. The molecule has 2 aromatic rings. The molecule has 2 N–H and O–H groups in total. The van der Waals surface area contributed by atoms with Gasteiger partial charge in [-0.2, -0.15) is 0 Å². The van der Waals surface area contributed by atoms with Gasteiger partial charge in [0.15, 0.2) is 0 Å². The Hall–Kier alpha value is -1.62. The second-order valence-corrected chi connectivity index (χ2v) is 5.12. The molecule has 0 aliphatic heterocycles. The van der Waals surface area contributed by atoms with E-state index >= 15 is 0 Å². The summed E-state index contributed by atoms with van der Waals surface area (Å²) in [5, 5.41) is 7.02. The maximum Gasteiger partial charge on any atom is 0.263 e. The molecule has 5 heteroatoms. The van der Waals surface area contributed by atoms with E-state index in [-0.39, 0.29) is 5.91 Å². The molecule has 2 aromatic heterocycles. The summed E-state index contributed by atoms with van der Waals surface area (Å²) in [6.45, 7) is 4.69. The number of hydrogen-bond donors (Lipinski definition) is 2. The Morgan fingerprint density at radius 1 is 1.44 bits per heavy atom. The number of hydrogen-bond acceptors (Lipinski definition) is 4. The van der Waals surface area contributed by atoms with E-state index in [1.54, 1.807) is 0 Å². The molecule has 0 aliphatic rings. The maximum absolute atomic E-state index is 12.1. The first-order valence-electron chi connectivity index (χ1n) is 6.03. The van der Waals surface area contributed by atoms with Crippen molar-refractivity contribution in [3.05, 3.63) is 22.7 Å². The highest BCUT2D eigenvalue weighted by atomic mass is 32.1. The average Bonchev–Trinajstić information content (AvgIpc) is 2.73. The van der Waals surface area contributed by atoms with Gasteiger partial charge in [0.2, 0.25) is 0 Å². The molecule has 0 fully saturated rings. The third-order valence-electron chi connectivity index (χ3n) is 2.69. The molecule has 0 saturated carbocycles. The summed E-state index contributed by atoms with van der Waals surface area (Å²) in [6.07, 6.45) is 0.933. The highest BCUT2D eigenvalue weighted by Gasteiger charge is 2.17. The van der Waals surface area contributed by atoms with Crippen LogP contribution in [0.4, 0.5) is 5.69 Å². The molecule has 0 unspecified atom stereocenters. The van der Waals surface area contributed by atoms with E-state index in [1.165, 1.54) is 11.3 Å². The second kappa shape index (κ2) is 5.35. The minimum atomic E-state index is -0.0261. The number of aryl methyl sites for hydroxylation is 1. The van der Waals surface area contributed by atoms with Crippen LogP contribution in [0, 0.1) is 6.92 Å². The van der Waals surface area contributed by atoms with Crippen LogP contribution >= 0.6 is 11.3 Å². The molecule has 0 radical (unpaired) electrons. The van der Waals surface area contributed by atoms with Crippen molar-refractivity contribution in [2.24, 2.45) is 0 Å². The number of rotatable bonds is 4. The Bertz CT molecular complexity index is 577. The Morgan fingerprint density at radius 3 is 2.89 bits per heavy atom. The van der Waals surface area contributed by atoms with Crippen LogP contribution in [-0.4, -0.2) is 24.5 Å². The number of pyridine rings is 1. The van der Waals surface area contributed by atoms with Crippen molar-refractivity contribution in [3.8, 4) is 0 Å². The highest BCUT2D eigenvalue weighted by Crippen LogP contribution is 2.34. The number of fused-ring (bicyclic) bond motifs is 1. The molecule has 18 heavy (non-hydrogen) atoms. The lowest BCUT2D eigenvalue weighted by atomic mass is 10.2. The Morgan fingerprint density at radius 2 is 2.22 bits per heavy atom. The van der Waals surface area contributed by atoms with Crippen molar-refractivity contribution in [1.29, 1.82) is 0 Å². The van der Waals surface area contributed by atoms with Crippen LogP contribution in [0.2, 0.25) is 0 Å². The van der Waals surface area contributed by atoms with E-state index in [0.29, 0.717) is 11.4 Å². The molecule has 96 valence electrons. The zero-order valence-electron chi connectivity index (χ0n) is 10.8. The minimum Gasteiger partial charge on any atom is -0.386 e. The third kappa shape index (κ3) is 2.31. The van der Waals surface area contributed by atoms with E-state index in [2.05, 4.69) is 15.6 Å². The van der Waals surface area contributed by atoms with Gasteiger partial charge >= 0.3 is 0 Å². The summed E-state index contributed by atoms with van der Waals surface area (Å²) in [6, 6.07) is 3.97. The Balaban J connectivity index is 2.46. The zero-order valence-corrected chi connectivity index (χ0v) is 11.6. The molecule has 0 spiro atoms. The van der Waals surface area contributed by atoms with E-state index in [0.717, 1.165) is 28.0 Å². The molecule has 1 amide bonds. The van der Waals surface area contributed by atoms with Crippen LogP contribution in [0.5, 0.6) is 0 Å². The van der Waals surface area contributed by atoms with Gasteiger partial charge in [0.1, 0.15) is 9.71 Å². The molecule has 0 saturated heterocycles. The third-order valence-corrected chi connectivity index (χ3v) is 3.78. The standard InChI is InChI=1S/C13H17N3OS/c1-4-7-15-12(17)11-10(14-3)9-6-5-8(2)16-13(9)18-11/h5-6,14H,4,7H2,1-3H3,(H,15,17). The monoisotopic (exact) mass is 263 g/mol. The van der Waals surface area contributed by atoms with E-state index in [9.17, 15) is 4.79 Å². The number of anilines is 1. The van der Waals surface area contributed by atoms with Crippen LogP contribution in [0.3, 0.4) is 0 Å². The molecule has 4 nitrogen and oxygen atoms in total. The lowest BCUT2D eigenvalue weighted by Crippen LogP contribution is -2.23. The van der Waals surface area contributed by atoms with Gasteiger partial charge in [0.25, 0.3) is 5.91 Å². The summed E-state index contributed by atoms with van der Waals surface area (Å²) in [5.74, 6) is -0.0261. The smallest absolute Gasteiger partial charge is 0.263 e. The topological polar surface area (TPSA) is 54.0 Å². The van der Waals surface area contributed by atoms with Crippen molar-refractivity contribution in [3.63, 3.8) is 0 Å². The fraction of sp³-hybridized carbons (Fsp3) is 0.385. The lowest BCUT2D eigenvalue weighted by Gasteiger charge is -2.04. The highest BCUT2D eigenvalue weighted by molar-refractivity contribution is 7.21. The largest absolute Gasteiger partial charge is 0.386 e. The maximum atomic E-state index is 12.1. The van der Waals surface area contributed by atoms with Crippen molar-refractivity contribution in [1.82, 2.24) is 10.3 Å². The Labute approximate surface area is 110 Å². The van der Waals surface area contributed by atoms with Crippen LogP contribution in [-0.2, 0) is 0 Å². The Kier molecular flexibility index (Phi) is 3.81. The number of nitrogens with zero attached hydrogens (tertiary/aromatic N) is 1. The summed E-state index contributed by atoms with van der Waals surface area (Å²) >= 11 is 1.44. The van der Waals surface area contributed by atoms with Crippen LogP contribution in [0.15, 0.2) is 12.1 Å². The summed E-state index contributed by atoms with van der Waals surface area (Å²) in [5.41, 5.74) is 1.84. The van der Waals surface area contributed by atoms with E-state index in [1.807, 2.05) is 33.0 Å². The fourth-order valence-electron chi connectivity index (χ4n) is 1.80. The molecule has 2 rings (SSSR count). The van der Waals surface area contributed by atoms with Gasteiger partial charge in [-0.3, -0.25) is 4.79 Å². The van der Waals surface area contributed by atoms with Gasteiger partial charge in [-0.1, -0.05) is 6.92 Å².